The van der Waals surface area contributed by atoms with Gasteiger partial charge in [-0.05, 0) is 25.1 Å². The predicted molar refractivity (Wildman–Crippen MR) is 97.7 cm³/mol. The van der Waals surface area contributed by atoms with Crippen LogP contribution in [0.3, 0.4) is 0 Å². The molecule has 0 bridgehead atoms. The number of benzene rings is 2. The minimum absolute atomic E-state index is 0.307. The molecule has 0 saturated carbocycles. The Morgan fingerprint density at radius 3 is 2.23 bits per heavy atom. The van der Waals surface area contributed by atoms with Crippen LogP contribution in [-0.4, -0.2) is 23.6 Å². The molecule has 2 aromatic carbocycles. The Morgan fingerprint density at radius 2 is 1.65 bits per heavy atom. The third kappa shape index (κ3) is 1.89. The Bertz CT molecular complexity index is 1060. The number of methoxy groups -OCH3 is 1. The van der Waals surface area contributed by atoms with Gasteiger partial charge in [0.15, 0.2) is 7.05 Å². The number of carbonyl (C=O) groups is 2. The Morgan fingerprint density at radius 1 is 1.00 bits per heavy atom. The molecule has 26 heavy (non-hydrogen) atoms. The van der Waals surface area contributed by atoms with E-state index in [-0.39, 0.29) is 11.8 Å². The summed E-state index contributed by atoms with van der Waals surface area (Å²) < 4.78 is 9.25. The summed E-state index contributed by atoms with van der Waals surface area (Å²) >= 11 is 0. The third-order valence-electron chi connectivity index (χ3n) is 5.42. The van der Waals surface area contributed by atoms with E-state index in [1.807, 2.05) is 49.4 Å². The van der Waals surface area contributed by atoms with Gasteiger partial charge in [0.2, 0.25) is 5.69 Å². The molecule has 4 rings (SSSR count). The number of nitrogens with zero attached hydrogens (tertiary/aromatic N) is 3. The molecule has 0 atom stereocenters. The summed E-state index contributed by atoms with van der Waals surface area (Å²) in [6.45, 7) is 3.82. The zero-order chi connectivity index (χ0) is 18.7. The third-order valence-corrected chi connectivity index (χ3v) is 5.42. The van der Waals surface area contributed by atoms with Gasteiger partial charge in [-0.15, -0.1) is 4.68 Å². The standard InChI is InChI=1S/C20H20N3O3/c1-11-18(12(2)22(4)21(11)3)23-19(24)14-8-6-7-13-16(26-5)10-9-15(17(13)14)20(23)25/h6-10H,1-5H3/q+1. The molecule has 0 spiro atoms. The molecule has 2 amide bonds. The fraction of sp³-hybridized carbons (Fsp3) is 0.250. The lowest BCUT2D eigenvalue weighted by Gasteiger charge is -2.26. The van der Waals surface area contributed by atoms with Gasteiger partial charge in [0.25, 0.3) is 11.8 Å². The van der Waals surface area contributed by atoms with Crippen molar-refractivity contribution in [3.05, 3.63) is 52.8 Å². The van der Waals surface area contributed by atoms with Crippen molar-refractivity contribution in [2.45, 2.75) is 13.8 Å². The number of hydrogen-bond acceptors (Lipinski definition) is 3. The Labute approximate surface area is 151 Å². The van der Waals surface area contributed by atoms with Gasteiger partial charge in [0.1, 0.15) is 17.1 Å². The number of ether oxygens (including phenoxy) is 1. The summed E-state index contributed by atoms with van der Waals surface area (Å²) in [6, 6.07) is 8.97. The highest BCUT2D eigenvalue weighted by Gasteiger charge is 2.39. The summed E-state index contributed by atoms with van der Waals surface area (Å²) in [5.41, 5.74) is 3.39. The smallest absolute Gasteiger partial charge is 0.266 e. The van der Waals surface area contributed by atoms with E-state index < -0.39 is 0 Å². The number of imide groups is 1. The number of hydrogen-bond donors (Lipinski definition) is 0. The average Bonchev–Trinajstić information content (AvgIpc) is 2.83. The molecule has 0 saturated heterocycles. The molecule has 0 radical (unpaired) electrons. The Balaban J connectivity index is 2.03. The zero-order valence-corrected chi connectivity index (χ0v) is 15.5. The predicted octanol–water partition coefficient (Wildman–Crippen LogP) is 2.43. The Kier molecular flexibility index (Phi) is 3.41. The molecule has 1 aliphatic heterocycles. The minimum atomic E-state index is -0.307. The number of amides is 2. The Hall–Kier alpha value is -3.15. The SMILES string of the molecule is COc1ccc2c3c(cccc13)C(=O)N(c1c(C)n(C)[n+](C)c1C)C2=O. The molecule has 3 aromatic rings. The maximum atomic E-state index is 13.3. The second-order valence-electron chi connectivity index (χ2n) is 6.56. The van der Waals surface area contributed by atoms with Crippen molar-refractivity contribution < 1.29 is 19.0 Å². The van der Waals surface area contributed by atoms with E-state index in [0.717, 1.165) is 16.8 Å². The minimum Gasteiger partial charge on any atom is -0.496 e. The van der Waals surface area contributed by atoms with Gasteiger partial charge >= 0.3 is 0 Å². The fourth-order valence-corrected chi connectivity index (χ4v) is 3.79. The topological polar surface area (TPSA) is 55.4 Å². The van der Waals surface area contributed by atoms with Gasteiger partial charge in [-0.2, -0.15) is 4.68 Å². The second kappa shape index (κ2) is 5.42. The van der Waals surface area contributed by atoms with E-state index in [1.165, 1.54) is 4.90 Å². The molecule has 1 aromatic heterocycles. The number of carbonyl (C=O) groups excluding carboxylic acids is 2. The monoisotopic (exact) mass is 350 g/mol. The van der Waals surface area contributed by atoms with Crippen LogP contribution in [-0.2, 0) is 14.1 Å². The summed E-state index contributed by atoms with van der Waals surface area (Å²) in [5, 5.41) is 1.43. The van der Waals surface area contributed by atoms with Crippen molar-refractivity contribution >= 4 is 28.3 Å². The molecule has 6 heteroatoms. The van der Waals surface area contributed by atoms with Crippen LogP contribution in [0.5, 0.6) is 5.75 Å². The molecule has 0 aliphatic carbocycles. The van der Waals surface area contributed by atoms with E-state index in [2.05, 4.69) is 0 Å². The van der Waals surface area contributed by atoms with Gasteiger partial charge in [-0.3, -0.25) is 9.59 Å². The summed E-state index contributed by atoms with van der Waals surface area (Å²) in [5.74, 6) is 0.0376. The highest BCUT2D eigenvalue weighted by molar-refractivity contribution is 6.36. The lowest BCUT2D eigenvalue weighted by atomic mass is 9.93. The van der Waals surface area contributed by atoms with Crippen LogP contribution < -0.4 is 14.3 Å². The zero-order valence-electron chi connectivity index (χ0n) is 15.5. The lowest BCUT2D eigenvalue weighted by molar-refractivity contribution is -0.756. The van der Waals surface area contributed by atoms with Gasteiger partial charge < -0.3 is 4.74 Å². The van der Waals surface area contributed by atoms with E-state index in [4.69, 9.17) is 4.74 Å². The average molecular weight is 350 g/mol. The first-order chi connectivity index (χ1) is 12.4. The quantitative estimate of drug-likeness (QED) is 0.527. The summed E-state index contributed by atoms with van der Waals surface area (Å²) in [4.78, 5) is 27.9. The van der Waals surface area contributed by atoms with Crippen LogP contribution in [0.1, 0.15) is 32.1 Å². The number of rotatable bonds is 2. The summed E-state index contributed by atoms with van der Waals surface area (Å²) in [6.07, 6.45) is 0. The van der Waals surface area contributed by atoms with Crippen molar-refractivity contribution in [3.8, 4) is 5.75 Å². The second-order valence-corrected chi connectivity index (χ2v) is 6.56. The first-order valence-electron chi connectivity index (χ1n) is 8.39. The molecule has 0 N–H and O–H groups in total. The van der Waals surface area contributed by atoms with Gasteiger partial charge in [0.05, 0.1) is 14.2 Å². The maximum Gasteiger partial charge on any atom is 0.266 e. The van der Waals surface area contributed by atoms with Crippen LogP contribution >= 0.6 is 0 Å². The van der Waals surface area contributed by atoms with Crippen molar-refractivity contribution in [2.24, 2.45) is 14.1 Å². The van der Waals surface area contributed by atoms with Gasteiger partial charge in [-0.1, -0.05) is 12.1 Å². The van der Waals surface area contributed by atoms with E-state index in [1.54, 1.807) is 25.3 Å². The molecular formula is C20H20N3O3+. The van der Waals surface area contributed by atoms with E-state index >= 15 is 0 Å². The van der Waals surface area contributed by atoms with E-state index in [9.17, 15) is 9.59 Å². The molecular weight excluding hydrogens is 330 g/mol. The normalized spacial score (nSPS) is 13.7. The first-order valence-corrected chi connectivity index (χ1v) is 8.39. The lowest BCUT2D eigenvalue weighted by Crippen LogP contribution is -2.42. The molecule has 2 heterocycles. The molecule has 0 unspecified atom stereocenters. The van der Waals surface area contributed by atoms with Crippen molar-refractivity contribution in [3.63, 3.8) is 0 Å². The van der Waals surface area contributed by atoms with Crippen LogP contribution in [0.2, 0.25) is 0 Å². The van der Waals surface area contributed by atoms with Crippen LogP contribution in [0.15, 0.2) is 30.3 Å². The maximum absolute atomic E-state index is 13.3. The fourth-order valence-electron chi connectivity index (χ4n) is 3.79. The van der Waals surface area contributed by atoms with Crippen molar-refractivity contribution in [1.29, 1.82) is 0 Å². The number of aromatic nitrogens is 2. The van der Waals surface area contributed by atoms with Gasteiger partial charge in [0, 0.05) is 28.8 Å². The van der Waals surface area contributed by atoms with Crippen molar-refractivity contribution in [2.75, 3.05) is 12.0 Å². The summed E-state index contributed by atoms with van der Waals surface area (Å²) in [7, 11) is 5.40. The highest BCUT2D eigenvalue weighted by atomic mass is 16.5. The number of anilines is 1. The molecule has 6 nitrogen and oxygen atoms in total. The van der Waals surface area contributed by atoms with Crippen molar-refractivity contribution in [1.82, 2.24) is 4.68 Å². The van der Waals surface area contributed by atoms with E-state index in [0.29, 0.717) is 28.0 Å². The first kappa shape index (κ1) is 16.3. The molecule has 0 fully saturated rings. The van der Waals surface area contributed by atoms with Gasteiger partial charge in [-0.25, -0.2) is 4.90 Å². The highest BCUT2D eigenvalue weighted by Crippen LogP contribution is 2.38. The molecule has 132 valence electrons. The largest absolute Gasteiger partial charge is 0.496 e. The van der Waals surface area contributed by atoms with Crippen LogP contribution in [0.25, 0.3) is 10.8 Å². The molecule has 1 aliphatic rings. The van der Waals surface area contributed by atoms with Crippen LogP contribution in [0.4, 0.5) is 5.69 Å². The van der Waals surface area contributed by atoms with Crippen LogP contribution in [0, 0.1) is 13.8 Å².